The second-order valence-corrected chi connectivity index (χ2v) is 5.72. The maximum atomic E-state index is 11.8. The minimum Gasteiger partial charge on any atom is -0.472 e. The molecule has 1 unspecified atom stereocenters. The van der Waals surface area contributed by atoms with Gasteiger partial charge in [0.2, 0.25) is 0 Å². The molecule has 0 aliphatic carbocycles. The van der Waals surface area contributed by atoms with Crippen LogP contribution in [0.25, 0.3) is 0 Å². The minimum absolute atomic E-state index is 0.0367. The molecular weight excluding hydrogens is 256 g/mol. The summed E-state index contributed by atoms with van der Waals surface area (Å²) < 4.78 is 10.4. The standard InChI is InChI=1S/C15H22N2O3/c18-15(13-3-7-19-10-13)16-9-12-1-5-17(6-2-12)14-4-8-20-11-14/h3,7,10,12,14H,1-2,4-6,8-9,11H2,(H,16,18). The zero-order valence-corrected chi connectivity index (χ0v) is 11.7. The fourth-order valence-corrected chi connectivity index (χ4v) is 3.07. The Morgan fingerprint density at radius 1 is 1.35 bits per heavy atom. The Labute approximate surface area is 119 Å². The van der Waals surface area contributed by atoms with Gasteiger partial charge >= 0.3 is 0 Å². The molecule has 2 aliphatic rings. The summed E-state index contributed by atoms with van der Waals surface area (Å²) in [6.07, 6.45) is 6.49. The van der Waals surface area contributed by atoms with Crippen molar-refractivity contribution in [2.75, 3.05) is 32.8 Å². The number of piperidine rings is 1. The molecule has 5 heteroatoms. The summed E-state index contributed by atoms with van der Waals surface area (Å²) in [6, 6.07) is 2.31. The van der Waals surface area contributed by atoms with Gasteiger partial charge in [0.1, 0.15) is 6.26 Å². The van der Waals surface area contributed by atoms with Crippen LogP contribution in [0.1, 0.15) is 29.6 Å². The van der Waals surface area contributed by atoms with E-state index in [-0.39, 0.29) is 5.91 Å². The molecule has 20 heavy (non-hydrogen) atoms. The smallest absolute Gasteiger partial charge is 0.254 e. The van der Waals surface area contributed by atoms with Gasteiger partial charge in [-0.2, -0.15) is 0 Å². The molecule has 0 spiro atoms. The first-order chi connectivity index (χ1) is 9.83. The van der Waals surface area contributed by atoms with E-state index in [9.17, 15) is 4.79 Å². The van der Waals surface area contributed by atoms with Gasteiger partial charge in [0.25, 0.3) is 5.91 Å². The summed E-state index contributed by atoms with van der Waals surface area (Å²) >= 11 is 0. The van der Waals surface area contributed by atoms with Crippen LogP contribution < -0.4 is 5.32 Å². The summed E-state index contributed by atoms with van der Waals surface area (Å²) in [5, 5.41) is 3.00. The predicted octanol–water partition coefficient (Wildman–Crippen LogP) is 1.51. The first-order valence-electron chi connectivity index (χ1n) is 7.45. The zero-order valence-electron chi connectivity index (χ0n) is 11.7. The van der Waals surface area contributed by atoms with E-state index in [0.717, 1.165) is 45.7 Å². The van der Waals surface area contributed by atoms with E-state index in [1.165, 1.54) is 18.9 Å². The molecule has 0 bridgehead atoms. The number of rotatable bonds is 4. The molecule has 0 aromatic carbocycles. The molecule has 0 radical (unpaired) electrons. The van der Waals surface area contributed by atoms with Gasteiger partial charge in [-0.1, -0.05) is 0 Å². The minimum atomic E-state index is -0.0367. The van der Waals surface area contributed by atoms with E-state index >= 15 is 0 Å². The van der Waals surface area contributed by atoms with E-state index in [1.807, 2.05) is 0 Å². The number of carbonyl (C=O) groups is 1. The molecule has 1 aromatic heterocycles. The second-order valence-electron chi connectivity index (χ2n) is 5.72. The third-order valence-corrected chi connectivity index (χ3v) is 4.41. The van der Waals surface area contributed by atoms with Crippen molar-refractivity contribution in [3.63, 3.8) is 0 Å². The van der Waals surface area contributed by atoms with Gasteiger partial charge in [-0.15, -0.1) is 0 Å². The quantitative estimate of drug-likeness (QED) is 0.907. The van der Waals surface area contributed by atoms with Crippen molar-refractivity contribution in [2.24, 2.45) is 5.92 Å². The summed E-state index contributed by atoms with van der Waals surface area (Å²) in [5.41, 5.74) is 0.602. The van der Waals surface area contributed by atoms with Gasteiger partial charge in [0, 0.05) is 19.2 Å². The average molecular weight is 278 g/mol. The Bertz CT molecular complexity index is 418. The summed E-state index contributed by atoms with van der Waals surface area (Å²) in [6.45, 7) is 4.81. The van der Waals surface area contributed by atoms with E-state index in [4.69, 9.17) is 9.15 Å². The van der Waals surface area contributed by atoms with E-state index in [1.54, 1.807) is 6.07 Å². The highest BCUT2D eigenvalue weighted by atomic mass is 16.5. The van der Waals surface area contributed by atoms with Crippen LogP contribution in [-0.2, 0) is 4.74 Å². The van der Waals surface area contributed by atoms with Crippen LogP contribution in [0, 0.1) is 5.92 Å². The summed E-state index contributed by atoms with van der Waals surface area (Å²) in [7, 11) is 0. The molecule has 2 aliphatic heterocycles. The Kier molecular flexibility index (Phi) is 4.38. The topological polar surface area (TPSA) is 54.7 Å². The maximum absolute atomic E-state index is 11.8. The summed E-state index contributed by atoms with van der Waals surface area (Å²) in [4.78, 5) is 14.4. The zero-order chi connectivity index (χ0) is 13.8. The number of hydrogen-bond donors (Lipinski definition) is 1. The lowest BCUT2D eigenvalue weighted by Gasteiger charge is -2.35. The van der Waals surface area contributed by atoms with E-state index in [0.29, 0.717) is 17.5 Å². The van der Waals surface area contributed by atoms with E-state index in [2.05, 4.69) is 10.2 Å². The molecule has 1 atom stereocenters. The highest BCUT2D eigenvalue weighted by molar-refractivity contribution is 5.93. The number of hydrogen-bond acceptors (Lipinski definition) is 4. The monoisotopic (exact) mass is 278 g/mol. The molecule has 2 saturated heterocycles. The second kappa shape index (κ2) is 6.41. The lowest BCUT2D eigenvalue weighted by Crippen LogP contribution is -2.43. The van der Waals surface area contributed by atoms with Crippen LogP contribution in [0.3, 0.4) is 0 Å². The number of nitrogens with one attached hydrogen (secondary N) is 1. The van der Waals surface area contributed by atoms with Gasteiger partial charge in [0.05, 0.1) is 18.4 Å². The maximum Gasteiger partial charge on any atom is 0.254 e. The number of likely N-dealkylation sites (tertiary alicyclic amines) is 1. The number of nitrogens with zero attached hydrogens (tertiary/aromatic N) is 1. The highest BCUT2D eigenvalue weighted by Gasteiger charge is 2.27. The van der Waals surface area contributed by atoms with Gasteiger partial charge in [-0.25, -0.2) is 0 Å². The molecule has 2 fully saturated rings. The van der Waals surface area contributed by atoms with Gasteiger partial charge in [-0.3, -0.25) is 9.69 Å². The molecule has 3 heterocycles. The Morgan fingerprint density at radius 2 is 2.20 bits per heavy atom. The Balaban J connectivity index is 1.39. The van der Waals surface area contributed by atoms with Crippen molar-refractivity contribution >= 4 is 5.91 Å². The Morgan fingerprint density at radius 3 is 2.85 bits per heavy atom. The highest BCUT2D eigenvalue weighted by Crippen LogP contribution is 2.21. The van der Waals surface area contributed by atoms with Gasteiger partial charge < -0.3 is 14.5 Å². The van der Waals surface area contributed by atoms with Crippen LogP contribution in [-0.4, -0.2) is 49.7 Å². The molecule has 110 valence electrons. The molecule has 1 amide bonds. The lowest BCUT2D eigenvalue weighted by atomic mass is 9.95. The van der Waals surface area contributed by atoms with Crippen LogP contribution in [0.2, 0.25) is 0 Å². The molecule has 5 nitrogen and oxygen atoms in total. The molecule has 3 rings (SSSR count). The molecular formula is C15H22N2O3. The first-order valence-corrected chi connectivity index (χ1v) is 7.45. The number of furan rings is 1. The number of amides is 1. The van der Waals surface area contributed by atoms with Crippen molar-refractivity contribution in [1.29, 1.82) is 0 Å². The third kappa shape index (κ3) is 3.22. The van der Waals surface area contributed by atoms with Crippen LogP contribution >= 0.6 is 0 Å². The van der Waals surface area contributed by atoms with Gasteiger partial charge in [0.15, 0.2) is 0 Å². The Hall–Kier alpha value is -1.33. The third-order valence-electron chi connectivity index (χ3n) is 4.41. The van der Waals surface area contributed by atoms with Crippen molar-refractivity contribution in [3.05, 3.63) is 24.2 Å². The normalized spacial score (nSPS) is 24.9. The van der Waals surface area contributed by atoms with Crippen molar-refractivity contribution in [2.45, 2.75) is 25.3 Å². The molecule has 1 N–H and O–H groups in total. The van der Waals surface area contributed by atoms with Crippen molar-refractivity contribution < 1.29 is 13.9 Å². The molecule has 0 saturated carbocycles. The number of carbonyl (C=O) groups excluding carboxylic acids is 1. The summed E-state index contributed by atoms with van der Waals surface area (Å²) in [5.74, 6) is 0.551. The largest absolute Gasteiger partial charge is 0.472 e. The van der Waals surface area contributed by atoms with E-state index < -0.39 is 0 Å². The van der Waals surface area contributed by atoms with Gasteiger partial charge in [-0.05, 0) is 44.3 Å². The predicted molar refractivity (Wildman–Crippen MR) is 74.6 cm³/mol. The fourth-order valence-electron chi connectivity index (χ4n) is 3.07. The van der Waals surface area contributed by atoms with Crippen molar-refractivity contribution in [1.82, 2.24) is 10.2 Å². The SMILES string of the molecule is O=C(NCC1CCN(C2CCOC2)CC1)c1ccoc1. The van der Waals surface area contributed by atoms with Crippen LogP contribution in [0.5, 0.6) is 0 Å². The number of ether oxygens (including phenoxy) is 1. The molecule has 1 aromatic rings. The lowest BCUT2D eigenvalue weighted by molar-refractivity contribution is 0.0910. The van der Waals surface area contributed by atoms with Crippen LogP contribution in [0.4, 0.5) is 0 Å². The average Bonchev–Trinajstić information content (AvgIpc) is 3.18. The van der Waals surface area contributed by atoms with Crippen molar-refractivity contribution in [3.8, 4) is 0 Å². The first kappa shape index (κ1) is 13.6. The fraction of sp³-hybridized carbons (Fsp3) is 0.667. The van der Waals surface area contributed by atoms with Crippen LogP contribution in [0.15, 0.2) is 23.0 Å².